The highest BCUT2D eigenvalue weighted by Crippen LogP contribution is 2.24. The monoisotopic (exact) mass is 277 g/mol. The van der Waals surface area contributed by atoms with E-state index in [1.54, 1.807) is 0 Å². The molecule has 0 saturated heterocycles. The van der Waals surface area contributed by atoms with Crippen LogP contribution in [0.2, 0.25) is 0 Å². The van der Waals surface area contributed by atoms with Crippen LogP contribution >= 0.6 is 12.2 Å². The van der Waals surface area contributed by atoms with E-state index in [-0.39, 0.29) is 0 Å². The maximum atomic E-state index is 4.67. The predicted octanol–water partition coefficient (Wildman–Crippen LogP) is 4.75. The molecule has 2 aromatic carbocycles. The molecule has 98 valence electrons. The molecule has 0 heterocycles. The van der Waals surface area contributed by atoms with E-state index < -0.39 is 0 Å². The highest BCUT2D eigenvalue weighted by Gasteiger charge is 2.02. The van der Waals surface area contributed by atoms with Crippen LogP contribution in [0.5, 0.6) is 0 Å². The van der Waals surface area contributed by atoms with E-state index in [9.17, 15) is 0 Å². The molecule has 0 aliphatic heterocycles. The number of hydrogen-bond donors (Lipinski definition) is 0. The molecule has 0 aliphatic carbocycles. The van der Waals surface area contributed by atoms with Gasteiger partial charge >= 0.3 is 0 Å². The van der Waals surface area contributed by atoms with E-state index in [0.717, 1.165) is 27.9 Å². The summed E-state index contributed by atoms with van der Waals surface area (Å²) in [6.45, 7) is 6.09. The molecule has 2 rings (SSSR count). The Morgan fingerprint density at radius 2 is 1.40 bits per heavy atom. The van der Waals surface area contributed by atoms with E-state index in [0.29, 0.717) is 0 Å². The molecule has 0 fully saturated rings. The Balaban J connectivity index is 2.36. The largest absolute Gasteiger partial charge is 0.194 e. The third-order valence-electron chi connectivity index (χ3n) is 3.05. The van der Waals surface area contributed by atoms with Crippen molar-refractivity contribution in [1.29, 1.82) is 0 Å². The second kappa shape index (κ2) is 6.30. The summed E-state index contributed by atoms with van der Waals surface area (Å²) >= 11 is 4.67. The molecule has 2 aromatic rings. The van der Waals surface area contributed by atoms with Crippen molar-refractivity contribution >= 4 is 23.1 Å². The number of aryl methyl sites for hydroxylation is 3. The normalized spacial score (nSPS) is 9.35. The van der Waals surface area contributed by atoms with Crippen molar-refractivity contribution in [3.8, 4) is 11.8 Å². The molecule has 2 heteroatoms. The lowest BCUT2D eigenvalue weighted by molar-refractivity contribution is 1.33. The Kier molecular flexibility index (Phi) is 4.48. The molecule has 0 spiro atoms. The molecule has 0 aliphatic rings. The van der Waals surface area contributed by atoms with Gasteiger partial charge in [-0.2, -0.15) is 4.99 Å². The van der Waals surface area contributed by atoms with Crippen molar-refractivity contribution in [2.24, 2.45) is 4.99 Å². The summed E-state index contributed by atoms with van der Waals surface area (Å²) in [5.74, 6) is 6.37. The Morgan fingerprint density at radius 1 is 0.850 bits per heavy atom. The van der Waals surface area contributed by atoms with E-state index in [4.69, 9.17) is 0 Å². The third-order valence-corrected chi connectivity index (χ3v) is 3.14. The summed E-state index contributed by atoms with van der Waals surface area (Å²) < 4.78 is 0. The zero-order chi connectivity index (χ0) is 14.5. The molecule has 0 N–H and O–H groups in total. The van der Waals surface area contributed by atoms with Gasteiger partial charge in [0.25, 0.3) is 0 Å². The van der Waals surface area contributed by atoms with Crippen LogP contribution in [0.25, 0.3) is 0 Å². The third kappa shape index (κ3) is 3.42. The zero-order valence-corrected chi connectivity index (χ0v) is 12.6. The molecule has 0 atom stereocenters. The molecule has 0 radical (unpaired) electrons. The number of nitrogens with zero attached hydrogens (tertiary/aromatic N) is 1. The zero-order valence-electron chi connectivity index (χ0n) is 11.8. The molecule has 0 amide bonds. The minimum absolute atomic E-state index is 0.890. The fourth-order valence-corrected chi connectivity index (χ4v) is 2.12. The predicted molar refractivity (Wildman–Crippen MR) is 87.8 cm³/mol. The van der Waals surface area contributed by atoms with Crippen LogP contribution in [0, 0.1) is 32.6 Å². The first-order valence-electron chi connectivity index (χ1n) is 6.38. The van der Waals surface area contributed by atoms with Gasteiger partial charge in [-0.1, -0.05) is 29.5 Å². The Labute approximate surface area is 125 Å². The second-order valence-corrected chi connectivity index (χ2v) is 4.96. The summed E-state index contributed by atoms with van der Waals surface area (Å²) in [6.07, 6.45) is 0. The van der Waals surface area contributed by atoms with Gasteiger partial charge in [-0.05, 0) is 68.4 Å². The van der Waals surface area contributed by atoms with Crippen molar-refractivity contribution in [1.82, 2.24) is 0 Å². The molecular weight excluding hydrogens is 262 g/mol. The van der Waals surface area contributed by atoms with Crippen LogP contribution in [0.15, 0.2) is 41.4 Å². The Morgan fingerprint density at radius 3 is 1.95 bits per heavy atom. The van der Waals surface area contributed by atoms with Crippen LogP contribution < -0.4 is 0 Å². The lowest BCUT2D eigenvalue weighted by atomic mass is 10.0. The average Bonchev–Trinajstić information content (AvgIpc) is 2.42. The van der Waals surface area contributed by atoms with Gasteiger partial charge in [0.1, 0.15) is 0 Å². The minimum Gasteiger partial charge on any atom is -0.194 e. The van der Waals surface area contributed by atoms with Gasteiger partial charge in [-0.3, -0.25) is 0 Å². The number of aliphatic imine (C=N–C) groups is 1. The van der Waals surface area contributed by atoms with Gasteiger partial charge in [0, 0.05) is 11.1 Å². The maximum Gasteiger partial charge on any atom is 0.0798 e. The molecule has 0 aromatic heterocycles. The van der Waals surface area contributed by atoms with Gasteiger partial charge in [-0.25, -0.2) is 0 Å². The summed E-state index contributed by atoms with van der Waals surface area (Å²) in [6, 6.07) is 12.3. The lowest BCUT2D eigenvalue weighted by Crippen LogP contribution is -1.84. The quantitative estimate of drug-likeness (QED) is 0.416. The fourth-order valence-electron chi connectivity index (χ4n) is 2.03. The maximum absolute atomic E-state index is 4.67. The topological polar surface area (TPSA) is 12.4 Å². The van der Waals surface area contributed by atoms with Crippen molar-refractivity contribution in [2.45, 2.75) is 20.8 Å². The fraction of sp³-hybridized carbons (Fsp3) is 0.167. The first-order chi connectivity index (χ1) is 9.60. The van der Waals surface area contributed by atoms with E-state index in [1.165, 1.54) is 5.56 Å². The van der Waals surface area contributed by atoms with Crippen LogP contribution in [-0.2, 0) is 0 Å². The number of hydrogen-bond acceptors (Lipinski definition) is 2. The number of thiocarbonyl (C=S) groups is 1. The molecule has 0 saturated carbocycles. The van der Waals surface area contributed by atoms with E-state index in [1.807, 2.05) is 38.1 Å². The SMILES string of the molecule is Cc1ccc(C#Cc2cc(C)c(N=C=S)c(C)c2)cc1. The van der Waals surface area contributed by atoms with Gasteiger partial charge in [0.05, 0.1) is 10.8 Å². The van der Waals surface area contributed by atoms with Gasteiger partial charge in [0.2, 0.25) is 0 Å². The van der Waals surface area contributed by atoms with Gasteiger partial charge in [0.15, 0.2) is 0 Å². The van der Waals surface area contributed by atoms with Crippen molar-refractivity contribution in [3.05, 3.63) is 64.2 Å². The van der Waals surface area contributed by atoms with Crippen molar-refractivity contribution in [3.63, 3.8) is 0 Å². The number of benzene rings is 2. The van der Waals surface area contributed by atoms with Gasteiger partial charge in [-0.15, -0.1) is 0 Å². The smallest absolute Gasteiger partial charge is 0.0798 e. The van der Waals surface area contributed by atoms with E-state index in [2.05, 4.69) is 53.3 Å². The average molecular weight is 277 g/mol. The van der Waals surface area contributed by atoms with Crippen LogP contribution in [0.1, 0.15) is 27.8 Å². The molecular formula is C18H15NS. The lowest BCUT2D eigenvalue weighted by Gasteiger charge is -2.04. The summed E-state index contributed by atoms with van der Waals surface area (Å²) in [4.78, 5) is 4.09. The van der Waals surface area contributed by atoms with Crippen molar-refractivity contribution in [2.75, 3.05) is 0 Å². The van der Waals surface area contributed by atoms with Crippen LogP contribution in [-0.4, -0.2) is 5.16 Å². The second-order valence-electron chi connectivity index (χ2n) is 4.78. The van der Waals surface area contributed by atoms with Crippen LogP contribution in [0.4, 0.5) is 5.69 Å². The highest BCUT2D eigenvalue weighted by molar-refractivity contribution is 7.78. The Hall–Kier alpha value is -2.20. The first-order valence-corrected chi connectivity index (χ1v) is 6.79. The minimum atomic E-state index is 0.890. The standard InChI is InChI=1S/C18H15NS/c1-13-4-6-16(7-5-13)8-9-17-10-14(2)18(19-12-20)15(3)11-17/h4-7,10-11H,1-3H3. The highest BCUT2D eigenvalue weighted by atomic mass is 32.1. The summed E-state index contributed by atoms with van der Waals surface area (Å²) in [7, 11) is 0. The van der Waals surface area contributed by atoms with Crippen LogP contribution in [0.3, 0.4) is 0 Å². The van der Waals surface area contributed by atoms with Gasteiger partial charge < -0.3 is 0 Å². The van der Waals surface area contributed by atoms with Crippen molar-refractivity contribution < 1.29 is 0 Å². The molecule has 0 bridgehead atoms. The Bertz CT molecular complexity index is 716. The summed E-state index contributed by atoms with van der Waals surface area (Å²) in [5, 5.41) is 2.42. The van der Waals surface area contributed by atoms with E-state index >= 15 is 0 Å². The first kappa shape index (κ1) is 14.2. The number of rotatable bonds is 1. The molecule has 0 unspecified atom stereocenters. The molecule has 1 nitrogen and oxygen atoms in total. The molecule has 20 heavy (non-hydrogen) atoms. The summed E-state index contributed by atoms with van der Waals surface area (Å²) in [5.41, 5.74) is 6.27. The number of isothiocyanates is 1.